The highest BCUT2D eigenvalue weighted by Crippen LogP contribution is 2.39. The molecule has 256 valence electrons. The number of ether oxygens (including phenoxy) is 2. The molecule has 0 spiro atoms. The van der Waals surface area contributed by atoms with E-state index >= 15 is 0 Å². The fourth-order valence-electron chi connectivity index (χ4n) is 6.84. The standard InChI is InChI=1S/C42H44N4O4/c47-30-32-12-14-34(15-13-32)40-25-38(29-46-23-21-45(22-24-46)28-31-7-2-1-3-8-31)49-42(50-40)35-18-16-33(17-19-35)39-11-5-4-9-36(39)27-44-41(48)37-10-6-20-43-26-37/h1-20,26,38,40,42,47H,21-25,27-30H2,(H,44,48). The summed E-state index contributed by atoms with van der Waals surface area (Å²) in [4.78, 5) is 21.8. The molecular formula is C42H44N4O4. The van der Waals surface area contributed by atoms with Crippen LogP contribution in [-0.4, -0.2) is 64.6 Å². The highest BCUT2D eigenvalue weighted by molar-refractivity contribution is 5.93. The summed E-state index contributed by atoms with van der Waals surface area (Å²) >= 11 is 0. The van der Waals surface area contributed by atoms with E-state index in [1.807, 2.05) is 30.3 Å². The van der Waals surface area contributed by atoms with Crippen molar-refractivity contribution in [2.45, 2.75) is 44.6 Å². The van der Waals surface area contributed by atoms with Crippen LogP contribution in [0.2, 0.25) is 0 Å². The molecule has 3 unspecified atom stereocenters. The minimum absolute atomic E-state index is 0.000713. The Kier molecular flexibility index (Phi) is 11.0. The first-order valence-corrected chi connectivity index (χ1v) is 17.5. The van der Waals surface area contributed by atoms with E-state index in [0.29, 0.717) is 12.1 Å². The van der Waals surface area contributed by atoms with Gasteiger partial charge in [-0.05, 0) is 45.5 Å². The van der Waals surface area contributed by atoms with E-state index in [0.717, 1.165) is 79.1 Å². The van der Waals surface area contributed by atoms with E-state index < -0.39 is 6.29 Å². The number of benzene rings is 4. The van der Waals surface area contributed by atoms with Gasteiger partial charge in [-0.1, -0.05) is 103 Å². The topological polar surface area (TPSA) is 87.2 Å². The van der Waals surface area contributed by atoms with Crippen molar-refractivity contribution in [1.29, 1.82) is 0 Å². The molecule has 2 saturated heterocycles. The number of carbonyl (C=O) groups excluding carboxylic acids is 1. The Morgan fingerprint density at radius 3 is 2.22 bits per heavy atom. The Bertz CT molecular complexity index is 1810. The number of aliphatic hydroxyl groups excluding tert-OH is 1. The van der Waals surface area contributed by atoms with E-state index in [-0.39, 0.29) is 24.7 Å². The summed E-state index contributed by atoms with van der Waals surface area (Å²) < 4.78 is 13.3. The number of nitrogens with zero attached hydrogens (tertiary/aromatic N) is 3. The Labute approximate surface area is 294 Å². The molecule has 1 amide bonds. The second kappa shape index (κ2) is 16.3. The lowest BCUT2D eigenvalue weighted by Gasteiger charge is -2.40. The smallest absolute Gasteiger partial charge is 0.253 e. The first-order valence-electron chi connectivity index (χ1n) is 17.5. The predicted octanol–water partition coefficient (Wildman–Crippen LogP) is 6.53. The van der Waals surface area contributed by atoms with Crippen molar-refractivity contribution in [1.82, 2.24) is 20.1 Å². The Hall–Kier alpha value is -4.70. The van der Waals surface area contributed by atoms with Gasteiger partial charge in [-0.25, -0.2) is 0 Å². The number of carbonyl (C=O) groups is 1. The zero-order valence-electron chi connectivity index (χ0n) is 28.2. The van der Waals surface area contributed by atoms with Crippen LogP contribution in [0.3, 0.4) is 0 Å². The molecule has 0 aliphatic carbocycles. The van der Waals surface area contributed by atoms with Crippen LogP contribution in [-0.2, 0) is 29.2 Å². The average molecular weight is 669 g/mol. The van der Waals surface area contributed by atoms with E-state index in [1.54, 1.807) is 24.5 Å². The fraction of sp³-hybridized carbons (Fsp3) is 0.286. The summed E-state index contributed by atoms with van der Waals surface area (Å²) in [7, 11) is 0. The van der Waals surface area contributed by atoms with Gasteiger partial charge in [0, 0.05) is 70.2 Å². The SMILES string of the molecule is O=C(NCc1ccccc1-c1ccc(C2OC(CN3CCN(Cc4ccccc4)CC3)CC(c3ccc(CO)cc3)O2)cc1)c1cccnc1. The monoisotopic (exact) mass is 668 g/mol. The average Bonchev–Trinajstić information content (AvgIpc) is 3.18. The Morgan fingerprint density at radius 1 is 0.760 bits per heavy atom. The summed E-state index contributed by atoms with van der Waals surface area (Å²) in [6, 6.07) is 38.8. The highest BCUT2D eigenvalue weighted by atomic mass is 16.7. The van der Waals surface area contributed by atoms with Crippen LogP contribution in [0, 0.1) is 0 Å². The van der Waals surface area contributed by atoms with Crippen LogP contribution in [0.5, 0.6) is 0 Å². The van der Waals surface area contributed by atoms with Crippen molar-refractivity contribution in [3.8, 4) is 11.1 Å². The number of aromatic nitrogens is 1. The molecule has 3 heterocycles. The van der Waals surface area contributed by atoms with Gasteiger partial charge in [-0.15, -0.1) is 0 Å². The van der Waals surface area contributed by atoms with Gasteiger partial charge in [-0.3, -0.25) is 19.6 Å². The highest BCUT2D eigenvalue weighted by Gasteiger charge is 2.34. The zero-order chi connectivity index (χ0) is 34.1. The molecule has 3 atom stereocenters. The van der Waals surface area contributed by atoms with Gasteiger partial charge in [0.2, 0.25) is 0 Å². The number of piperazine rings is 1. The number of amides is 1. The van der Waals surface area contributed by atoms with Crippen LogP contribution in [0.1, 0.15) is 57.0 Å². The quantitative estimate of drug-likeness (QED) is 0.166. The van der Waals surface area contributed by atoms with Gasteiger partial charge in [0.1, 0.15) is 0 Å². The normalized spacial score (nSPS) is 20.0. The third-order valence-corrected chi connectivity index (χ3v) is 9.67. The lowest BCUT2D eigenvalue weighted by Crippen LogP contribution is -2.49. The molecule has 4 aromatic carbocycles. The molecule has 7 rings (SSSR count). The Balaban J connectivity index is 1.03. The number of aliphatic hydroxyl groups is 1. The maximum absolute atomic E-state index is 12.7. The molecule has 8 nitrogen and oxygen atoms in total. The molecule has 0 saturated carbocycles. The van der Waals surface area contributed by atoms with Gasteiger partial charge in [0.05, 0.1) is 24.4 Å². The van der Waals surface area contributed by atoms with Crippen molar-refractivity contribution < 1.29 is 19.4 Å². The maximum atomic E-state index is 12.7. The number of hydrogen-bond donors (Lipinski definition) is 2. The summed E-state index contributed by atoms with van der Waals surface area (Å²) in [6.07, 6.45) is 3.34. The lowest BCUT2D eigenvalue weighted by atomic mass is 9.97. The summed E-state index contributed by atoms with van der Waals surface area (Å²) in [5, 5.41) is 12.6. The third-order valence-electron chi connectivity index (χ3n) is 9.67. The maximum Gasteiger partial charge on any atom is 0.253 e. The summed E-state index contributed by atoms with van der Waals surface area (Å²) in [5.74, 6) is -0.154. The van der Waals surface area contributed by atoms with Gasteiger partial charge in [0.15, 0.2) is 6.29 Å². The van der Waals surface area contributed by atoms with Gasteiger partial charge >= 0.3 is 0 Å². The van der Waals surface area contributed by atoms with Crippen molar-refractivity contribution in [2.75, 3.05) is 32.7 Å². The molecule has 0 radical (unpaired) electrons. The minimum atomic E-state index is -0.515. The summed E-state index contributed by atoms with van der Waals surface area (Å²) in [5.41, 5.74) is 7.96. The second-order valence-corrected chi connectivity index (χ2v) is 13.1. The molecule has 8 heteroatoms. The molecular weight excluding hydrogens is 624 g/mol. The number of nitrogens with one attached hydrogen (secondary N) is 1. The molecule has 2 aliphatic heterocycles. The fourth-order valence-corrected chi connectivity index (χ4v) is 6.84. The van der Waals surface area contributed by atoms with Crippen LogP contribution < -0.4 is 5.32 Å². The molecule has 2 aliphatic rings. The van der Waals surface area contributed by atoms with Crippen molar-refractivity contribution in [2.24, 2.45) is 0 Å². The van der Waals surface area contributed by atoms with Crippen molar-refractivity contribution >= 4 is 5.91 Å². The third kappa shape index (κ3) is 8.53. The lowest BCUT2D eigenvalue weighted by molar-refractivity contribution is -0.253. The largest absolute Gasteiger partial charge is 0.392 e. The molecule has 2 N–H and O–H groups in total. The van der Waals surface area contributed by atoms with Gasteiger partial charge in [0.25, 0.3) is 5.91 Å². The Morgan fingerprint density at radius 2 is 1.48 bits per heavy atom. The van der Waals surface area contributed by atoms with Gasteiger partial charge < -0.3 is 19.9 Å². The van der Waals surface area contributed by atoms with E-state index in [9.17, 15) is 9.90 Å². The van der Waals surface area contributed by atoms with Crippen molar-refractivity contribution in [3.63, 3.8) is 0 Å². The van der Waals surface area contributed by atoms with Gasteiger partial charge in [-0.2, -0.15) is 0 Å². The molecule has 5 aromatic rings. The van der Waals surface area contributed by atoms with E-state index in [2.05, 4.69) is 92.9 Å². The molecule has 1 aromatic heterocycles. The zero-order valence-corrected chi connectivity index (χ0v) is 28.2. The first-order chi connectivity index (χ1) is 24.6. The predicted molar refractivity (Wildman–Crippen MR) is 194 cm³/mol. The minimum Gasteiger partial charge on any atom is -0.392 e. The van der Waals surface area contributed by atoms with Crippen molar-refractivity contribution in [3.05, 3.63) is 161 Å². The van der Waals surface area contributed by atoms with Crippen LogP contribution in [0.15, 0.2) is 128 Å². The van der Waals surface area contributed by atoms with Crippen LogP contribution in [0.4, 0.5) is 0 Å². The van der Waals surface area contributed by atoms with E-state index in [1.165, 1.54) is 5.56 Å². The van der Waals surface area contributed by atoms with Crippen LogP contribution >= 0.6 is 0 Å². The molecule has 2 fully saturated rings. The number of pyridine rings is 1. The first kappa shape index (κ1) is 33.8. The molecule has 50 heavy (non-hydrogen) atoms. The number of hydrogen-bond acceptors (Lipinski definition) is 7. The second-order valence-electron chi connectivity index (χ2n) is 13.1. The molecule has 0 bridgehead atoms. The number of rotatable bonds is 11. The van der Waals surface area contributed by atoms with E-state index in [4.69, 9.17) is 9.47 Å². The summed E-state index contributed by atoms with van der Waals surface area (Å²) in [6.45, 7) is 6.32. The van der Waals surface area contributed by atoms with Crippen LogP contribution in [0.25, 0.3) is 11.1 Å².